The van der Waals surface area contributed by atoms with Crippen molar-refractivity contribution in [3.63, 3.8) is 0 Å². The van der Waals surface area contributed by atoms with Gasteiger partial charge in [-0.25, -0.2) is 0 Å². The van der Waals surface area contributed by atoms with Gasteiger partial charge in [0.05, 0.1) is 0 Å². The van der Waals surface area contributed by atoms with Gasteiger partial charge in [-0.2, -0.15) is 13.2 Å². The predicted octanol–water partition coefficient (Wildman–Crippen LogP) is 1.79. The van der Waals surface area contributed by atoms with E-state index in [4.69, 9.17) is 0 Å². The van der Waals surface area contributed by atoms with Crippen LogP contribution in [0.1, 0.15) is 25.7 Å². The SMILES string of the molecule is CNCCC1CCN(C(=O)CC(F)(F)F)CC1. The van der Waals surface area contributed by atoms with E-state index >= 15 is 0 Å². The molecule has 100 valence electrons. The van der Waals surface area contributed by atoms with Crippen molar-refractivity contribution in [2.45, 2.75) is 31.9 Å². The van der Waals surface area contributed by atoms with Crippen molar-refractivity contribution in [3.05, 3.63) is 0 Å². The fourth-order valence-corrected chi connectivity index (χ4v) is 2.10. The fraction of sp³-hybridized carbons (Fsp3) is 0.909. The van der Waals surface area contributed by atoms with E-state index in [2.05, 4.69) is 5.32 Å². The molecule has 0 aromatic heterocycles. The molecule has 17 heavy (non-hydrogen) atoms. The maximum Gasteiger partial charge on any atom is 0.397 e. The minimum Gasteiger partial charge on any atom is -0.342 e. The van der Waals surface area contributed by atoms with Crippen LogP contribution in [0.3, 0.4) is 0 Å². The molecule has 1 heterocycles. The third-order valence-electron chi connectivity index (χ3n) is 3.12. The van der Waals surface area contributed by atoms with Crippen LogP contribution in [-0.4, -0.2) is 43.7 Å². The molecule has 0 aliphatic carbocycles. The average Bonchev–Trinajstić information content (AvgIpc) is 2.24. The first kappa shape index (κ1) is 14.3. The summed E-state index contributed by atoms with van der Waals surface area (Å²) >= 11 is 0. The van der Waals surface area contributed by atoms with Crippen molar-refractivity contribution in [2.24, 2.45) is 5.92 Å². The molecule has 0 saturated carbocycles. The lowest BCUT2D eigenvalue weighted by Crippen LogP contribution is -2.40. The lowest BCUT2D eigenvalue weighted by Gasteiger charge is -2.32. The predicted molar refractivity (Wildman–Crippen MR) is 58.5 cm³/mol. The Labute approximate surface area is 99.4 Å². The molecule has 1 amide bonds. The number of hydrogen-bond acceptors (Lipinski definition) is 2. The van der Waals surface area contributed by atoms with Gasteiger partial charge in [-0.1, -0.05) is 0 Å². The van der Waals surface area contributed by atoms with Crippen molar-refractivity contribution >= 4 is 5.91 Å². The number of halogens is 3. The van der Waals surface area contributed by atoms with E-state index in [9.17, 15) is 18.0 Å². The zero-order valence-corrected chi connectivity index (χ0v) is 10.0. The molecule has 0 spiro atoms. The number of likely N-dealkylation sites (tertiary alicyclic amines) is 1. The number of nitrogens with one attached hydrogen (secondary N) is 1. The highest BCUT2D eigenvalue weighted by Crippen LogP contribution is 2.24. The first-order valence-corrected chi connectivity index (χ1v) is 5.91. The van der Waals surface area contributed by atoms with Crippen LogP contribution in [0.25, 0.3) is 0 Å². The Morgan fingerprint density at radius 2 is 1.94 bits per heavy atom. The summed E-state index contributed by atoms with van der Waals surface area (Å²) in [6.07, 6.45) is -3.07. The zero-order valence-electron chi connectivity index (χ0n) is 10.0. The fourth-order valence-electron chi connectivity index (χ4n) is 2.10. The van der Waals surface area contributed by atoms with Gasteiger partial charge in [-0.3, -0.25) is 4.79 Å². The Kier molecular flexibility index (Phi) is 5.24. The van der Waals surface area contributed by atoms with E-state index in [0.29, 0.717) is 19.0 Å². The van der Waals surface area contributed by atoms with E-state index in [1.807, 2.05) is 7.05 Å². The molecule has 1 N–H and O–H groups in total. The molecule has 0 unspecified atom stereocenters. The molecule has 0 radical (unpaired) electrons. The maximum atomic E-state index is 12.0. The van der Waals surface area contributed by atoms with E-state index in [1.165, 1.54) is 4.90 Å². The molecule has 1 aliphatic rings. The van der Waals surface area contributed by atoms with Gasteiger partial charge in [0, 0.05) is 13.1 Å². The topological polar surface area (TPSA) is 32.3 Å². The van der Waals surface area contributed by atoms with Crippen molar-refractivity contribution in [3.8, 4) is 0 Å². The number of carbonyl (C=O) groups excluding carboxylic acids is 1. The van der Waals surface area contributed by atoms with Gasteiger partial charge in [0.15, 0.2) is 0 Å². The van der Waals surface area contributed by atoms with Crippen molar-refractivity contribution in [2.75, 3.05) is 26.7 Å². The Balaban J connectivity index is 2.29. The van der Waals surface area contributed by atoms with E-state index in [-0.39, 0.29) is 0 Å². The number of piperidine rings is 1. The lowest BCUT2D eigenvalue weighted by molar-refractivity contribution is -0.162. The van der Waals surface area contributed by atoms with Gasteiger partial charge < -0.3 is 10.2 Å². The summed E-state index contributed by atoms with van der Waals surface area (Å²) in [7, 11) is 1.88. The van der Waals surface area contributed by atoms with Gasteiger partial charge in [0.2, 0.25) is 5.91 Å². The van der Waals surface area contributed by atoms with Gasteiger partial charge in [0.1, 0.15) is 6.42 Å². The van der Waals surface area contributed by atoms with Crippen LogP contribution in [0.5, 0.6) is 0 Å². The lowest BCUT2D eigenvalue weighted by atomic mass is 9.93. The Bertz CT molecular complexity index is 248. The summed E-state index contributed by atoms with van der Waals surface area (Å²) < 4.78 is 36.1. The minimum atomic E-state index is -4.39. The summed E-state index contributed by atoms with van der Waals surface area (Å²) in [4.78, 5) is 12.7. The quantitative estimate of drug-likeness (QED) is 0.827. The van der Waals surface area contributed by atoms with Crippen LogP contribution in [-0.2, 0) is 4.79 Å². The molecule has 1 aliphatic heterocycles. The van der Waals surface area contributed by atoms with Crippen LogP contribution in [0.15, 0.2) is 0 Å². The molecule has 0 atom stereocenters. The van der Waals surface area contributed by atoms with E-state index in [1.54, 1.807) is 0 Å². The molecule has 0 aromatic carbocycles. The smallest absolute Gasteiger partial charge is 0.342 e. The van der Waals surface area contributed by atoms with E-state index in [0.717, 1.165) is 25.8 Å². The summed E-state index contributed by atoms with van der Waals surface area (Å²) in [5, 5.41) is 3.05. The third kappa shape index (κ3) is 5.39. The highest BCUT2D eigenvalue weighted by atomic mass is 19.4. The molecule has 0 aromatic rings. The molecular formula is C11H19F3N2O. The second-order valence-electron chi connectivity index (χ2n) is 4.51. The molecule has 3 nitrogen and oxygen atoms in total. The van der Waals surface area contributed by atoms with Gasteiger partial charge in [-0.15, -0.1) is 0 Å². The summed E-state index contributed by atoms with van der Waals surface area (Å²) in [6.45, 7) is 1.84. The molecule has 1 rings (SSSR count). The molecule has 6 heteroatoms. The number of rotatable bonds is 4. The number of carbonyl (C=O) groups is 1. The summed E-state index contributed by atoms with van der Waals surface area (Å²) in [5.74, 6) is -0.262. The third-order valence-corrected chi connectivity index (χ3v) is 3.12. The molecule has 0 bridgehead atoms. The summed E-state index contributed by atoms with van der Waals surface area (Å²) in [5.41, 5.74) is 0. The monoisotopic (exact) mass is 252 g/mol. The normalized spacial score (nSPS) is 18.5. The summed E-state index contributed by atoms with van der Waals surface area (Å²) in [6, 6.07) is 0. The second-order valence-corrected chi connectivity index (χ2v) is 4.51. The first-order chi connectivity index (χ1) is 7.92. The van der Waals surface area contributed by atoms with Crippen molar-refractivity contribution in [1.29, 1.82) is 0 Å². The van der Waals surface area contributed by atoms with Crippen molar-refractivity contribution in [1.82, 2.24) is 10.2 Å². The number of hydrogen-bond donors (Lipinski definition) is 1. The number of alkyl halides is 3. The Morgan fingerprint density at radius 1 is 1.35 bits per heavy atom. The van der Waals surface area contributed by atoms with Crippen LogP contribution >= 0.6 is 0 Å². The van der Waals surface area contributed by atoms with Crippen molar-refractivity contribution < 1.29 is 18.0 Å². The van der Waals surface area contributed by atoms with Gasteiger partial charge in [0.25, 0.3) is 0 Å². The first-order valence-electron chi connectivity index (χ1n) is 5.91. The van der Waals surface area contributed by atoms with Crippen LogP contribution < -0.4 is 5.32 Å². The van der Waals surface area contributed by atoms with Gasteiger partial charge >= 0.3 is 6.18 Å². The molecule has 1 saturated heterocycles. The largest absolute Gasteiger partial charge is 0.397 e. The zero-order chi connectivity index (χ0) is 12.9. The Morgan fingerprint density at radius 3 is 2.41 bits per heavy atom. The highest BCUT2D eigenvalue weighted by molar-refractivity contribution is 5.76. The maximum absolute atomic E-state index is 12.0. The van der Waals surface area contributed by atoms with Crippen LogP contribution in [0.2, 0.25) is 0 Å². The Hall–Kier alpha value is -0.780. The highest BCUT2D eigenvalue weighted by Gasteiger charge is 2.34. The van der Waals surface area contributed by atoms with Crippen LogP contribution in [0.4, 0.5) is 13.2 Å². The number of nitrogens with zero attached hydrogens (tertiary/aromatic N) is 1. The minimum absolute atomic E-state index is 0.462. The number of amides is 1. The molecular weight excluding hydrogens is 233 g/mol. The second kappa shape index (κ2) is 6.23. The standard InChI is InChI=1S/C11H19F3N2O/c1-15-5-2-9-3-6-16(7-4-9)10(17)8-11(12,13)14/h9,15H,2-8H2,1H3. The van der Waals surface area contributed by atoms with Crippen LogP contribution in [0, 0.1) is 5.92 Å². The average molecular weight is 252 g/mol. The molecule has 1 fully saturated rings. The van der Waals surface area contributed by atoms with Gasteiger partial charge in [-0.05, 0) is 38.8 Å². The van der Waals surface area contributed by atoms with E-state index < -0.39 is 18.5 Å².